The predicted octanol–water partition coefficient (Wildman–Crippen LogP) is 1.95. The molecule has 0 bridgehead atoms. The van der Waals surface area contributed by atoms with Gasteiger partial charge in [-0.3, -0.25) is 0 Å². The van der Waals surface area contributed by atoms with E-state index in [2.05, 4.69) is 46.7 Å². The Morgan fingerprint density at radius 1 is 1.23 bits per heavy atom. The van der Waals surface area contributed by atoms with Crippen molar-refractivity contribution in [2.24, 2.45) is 17.1 Å². The van der Waals surface area contributed by atoms with Gasteiger partial charge in [0.2, 0.25) is 0 Å². The first-order valence-corrected chi connectivity index (χ1v) is 5.17. The fourth-order valence-corrected chi connectivity index (χ4v) is 1.81. The normalized spacial score (nSPS) is 15.5. The van der Waals surface area contributed by atoms with Crippen LogP contribution in [0.4, 0.5) is 0 Å². The van der Waals surface area contributed by atoms with Gasteiger partial charge in [0.1, 0.15) is 0 Å². The summed E-state index contributed by atoms with van der Waals surface area (Å²) < 4.78 is 0. The van der Waals surface area contributed by atoms with E-state index in [-0.39, 0.29) is 5.41 Å². The standard InChI is InChI=1S/C11H26N2/c1-9(2)7-10(13(5)6)11(3,4)8-12/h9-10H,7-8,12H2,1-6H3. The Bertz CT molecular complexity index is 139. The van der Waals surface area contributed by atoms with Gasteiger partial charge in [0, 0.05) is 6.04 Å². The predicted molar refractivity (Wildman–Crippen MR) is 59.8 cm³/mol. The van der Waals surface area contributed by atoms with E-state index in [1.54, 1.807) is 0 Å². The molecule has 2 nitrogen and oxygen atoms in total. The van der Waals surface area contributed by atoms with Gasteiger partial charge < -0.3 is 10.6 Å². The molecule has 0 aliphatic rings. The molecular formula is C11H26N2. The first-order valence-electron chi connectivity index (χ1n) is 5.17. The molecule has 0 spiro atoms. The van der Waals surface area contributed by atoms with E-state index in [1.165, 1.54) is 6.42 Å². The summed E-state index contributed by atoms with van der Waals surface area (Å²) in [5, 5.41) is 0. The van der Waals surface area contributed by atoms with E-state index >= 15 is 0 Å². The summed E-state index contributed by atoms with van der Waals surface area (Å²) in [6.07, 6.45) is 1.22. The molecule has 2 heteroatoms. The Kier molecular flexibility index (Phi) is 4.93. The molecule has 0 aliphatic carbocycles. The summed E-state index contributed by atoms with van der Waals surface area (Å²) in [7, 11) is 4.29. The Morgan fingerprint density at radius 2 is 1.69 bits per heavy atom. The van der Waals surface area contributed by atoms with Crippen molar-refractivity contribution >= 4 is 0 Å². The molecule has 0 saturated carbocycles. The van der Waals surface area contributed by atoms with Gasteiger partial charge in [-0.1, -0.05) is 27.7 Å². The highest BCUT2D eigenvalue weighted by Gasteiger charge is 2.30. The maximum absolute atomic E-state index is 5.79. The third kappa shape index (κ3) is 4.10. The molecule has 0 heterocycles. The van der Waals surface area contributed by atoms with E-state index in [0.717, 1.165) is 12.5 Å². The van der Waals surface area contributed by atoms with Crippen LogP contribution in [0.2, 0.25) is 0 Å². The zero-order chi connectivity index (χ0) is 10.6. The largest absolute Gasteiger partial charge is 0.330 e. The van der Waals surface area contributed by atoms with Crippen molar-refractivity contribution in [2.45, 2.75) is 40.2 Å². The van der Waals surface area contributed by atoms with Crippen LogP contribution in [0, 0.1) is 11.3 Å². The van der Waals surface area contributed by atoms with E-state index in [4.69, 9.17) is 5.73 Å². The molecular weight excluding hydrogens is 160 g/mol. The van der Waals surface area contributed by atoms with Crippen LogP contribution in [-0.4, -0.2) is 31.6 Å². The first kappa shape index (κ1) is 12.9. The third-order valence-corrected chi connectivity index (χ3v) is 2.75. The average Bonchev–Trinajstić information content (AvgIpc) is 1.99. The molecule has 0 radical (unpaired) electrons. The monoisotopic (exact) mass is 186 g/mol. The number of rotatable bonds is 5. The number of nitrogens with two attached hydrogens (primary N) is 1. The Hall–Kier alpha value is -0.0800. The maximum atomic E-state index is 5.79. The molecule has 0 aromatic carbocycles. The van der Waals surface area contributed by atoms with Gasteiger partial charge in [0.25, 0.3) is 0 Å². The summed E-state index contributed by atoms with van der Waals surface area (Å²) in [6.45, 7) is 9.79. The smallest absolute Gasteiger partial charge is 0.0155 e. The summed E-state index contributed by atoms with van der Waals surface area (Å²) in [5.41, 5.74) is 6.01. The average molecular weight is 186 g/mol. The Morgan fingerprint density at radius 3 is 1.92 bits per heavy atom. The molecule has 2 N–H and O–H groups in total. The van der Waals surface area contributed by atoms with Crippen LogP contribution in [0.15, 0.2) is 0 Å². The topological polar surface area (TPSA) is 29.3 Å². The molecule has 1 atom stereocenters. The van der Waals surface area contributed by atoms with Gasteiger partial charge in [-0.05, 0) is 38.4 Å². The number of nitrogens with zero attached hydrogens (tertiary/aromatic N) is 1. The quantitative estimate of drug-likeness (QED) is 0.711. The molecule has 0 saturated heterocycles. The van der Waals surface area contributed by atoms with Crippen molar-refractivity contribution in [3.05, 3.63) is 0 Å². The summed E-state index contributed by atoms with van der Waals surface area (Å²) in [4.78, 5) is 2.30. The highest BCUT2D eigenvalue weighted by molar-refractivity contribution is 4.85. The van der Waals surface area contributed by atoms with Crippen LogP contribution in [0.25, 0.3) is 0 Å². The van der Waals surface area contributed by atoms with Crippen molar-refractivity contribution in [2.75, 3.05) is 20.6 Å². The lowest BCUT2D eigenvalue weighted by atomic mass is 9.79. The fourth-order valence-electron chi connectivity index (χ4n) is 1.81. The van der Waals surface area contributed by atoms with Crippen LogP contribution in [-0.2, 0) is 0 Å². The highest BCUT2D eigenvalue weighted by atomic mass is 15.1. The minimum Gasteiger partial charge on any atom is -0.330 e. The summed E-state index contributed by atoms with van der Waals surface area (Å²) in [6, 6.07) is 0.581. The summed E-state index contributed by atoms with van der Waals surface area (Å²) >= 11 is 0. The highest BCUT2D eigenvalue weighted by Crippen LogP contribution is 2.27. The lowest BCUT2D eigenvalue weighted by Gasteiger charge is -2.39. The number of hydrogen-bond acceptors (Lipinski definition) is 2. The van der Waals surface area contributed by atoms with Crippen LogP contribution >= 0.6 is 0 Å². The van der Waals surface area contributed by atoms with E-state index in [1.807, 2.05) is 0 Å². The van der Waals surface area contributed by atoms with Crippen molar-refractivity contribution in [3.8, 4) is 0 Å². The third-order valence-electron chi connectivity index (χ3n) is 2.75. The van der Waals surface area contributed by atoms with Gasteiger partial charge in [0.15, 0.2) is 0 Å². The van der Waals surface area contributed by atoms with Gasteiger partial charge in [-0.2, -0.15) is 0 Å². The van der Waals surface area contributed by atoms with Crippen LogP contribution in [0.5, 0.6) is 0 Å². The van der Waals surface area contributed by atoms with Crippen LogP contribution in [0.3, 0.4) is 0 Å². The molecule has 0 fully saturated rings. The zero-order valence-electron chi connectivity index (χ0n) is 10.1. The Labute approximate surface area is 83.5 Å². The molecule has 0 amide bonds. The van der Waals surface area contributed by atoms with Crippen LogP contribution < -0.4 is 5.73 Å². The van der Waals surface area contributed by atoms with Crippen LogP contribution in [0.1, 0.15) is 34.1 Å². The van der Waals surface area contributed by atoms with Gasteiger partial charge in [-0.25, -0.2) is 0 Å². The van der Waals surface area contributed by atoms with Gasteiger partial charge >= 0.3 is 0 Å². The second-order valence-electron chi connectivity index (χ2n) is 5.30. The van der Waals surface area contributed by atoms with Gasteiger partial charge in [0.05, 0.1) is 0 Å². The van der Waals surface area contributed by atoms with Crippen molar-refractivity contribution in [1.29, 1.82) is 0 Å². The maximum Gasteiger partial charge on any atom is 0.0155 e. The molecule has 0 aromatic rings. The lowest BCUT2D eigenvalue weighted by Crippen LogP contribution is -2.46. The lowest BCUT2D eigenvalue weighted by molar-refractivity contribution is 0.120. The fraction of sp³-hybridized carbons (Fsp3) is 1.00. The molecule has 0 aliphatic heterocycles. The Balaban J connectivity index is 4.41. The summed E-state index contributed by atoms with van der Waals surface area (Å²) in [5.74, 6) is 0.734. The van der Waals surface area contributed by atoms with Crippen molar-refractivity contribution in [1.82, 2.24) is 4.90 Å². The molecule has 0 aromatic heterocycles. The van der Waals surface area contributed by atoms with Crippen molar-refractivity contribution in [3.63, 3.8) is 0 Å². The number of hydrogen-bond donors (Lipinski definition) is 1. The van der Waals surface area contributed by atoms with E-state index in [0.29, 0.717) is 6.04 Å². The van der Waals surface area contributed by atoms with E-state index in [9.17, 15) is 0 Å². The minimum absolute atomic E-state index is 0.216. The van der Waals surface area contributed by atoms with Crippen molar-refractivity contribution < 1.29 is 0 Å². The molecule has 0 rings (SSSR count). The molecule has 80 valence electrons. The second-order valence-corrected chi connectivity index (χ2v) is 5.30. The van der Waals surface area contributed by atoms with Gasteiger partial charge in [-0.15, -0.1) is 0 Å². The minimum atomic E-state index is 0.216. The SMILES string of the molecule is CC(C)CC(N(C)C)C(C)(C)CN. The molecule has 13 heavy (non-hydrogen) atoms. The first-order chi connectivity index (χ1) is 5.81. The van der Waals surface area contributed by atoms with E-state index < -0.39 is 0 Å². The molecule has 1 unspecified atom stereocenters. The zero-order valence-corrected chi connectivity index (χ0v) is 10.1. The second kappa shape index (κ2) is 4.97.